The van der Waals surface area contributed by atoms with Crippen molar-refractivity contribution in [3.05, 3.63) is 40.0 Å². The van der Waals surface area contributed by atoms with Crippen molar-refractivity contribution in [1.29, 1.82) is 0 Å². The van der Waals surface area contributed by atoms with Gasteiger partial charge < -0.3 is 15.0 Å². The molecule has 0 aromatic carbocycles. The van der Waals surface area contributed by atoms with Gasteiger partial charge in [-0.25, -0.2) is 9.97 Å². The van der Waals surface area contributed by atoms with Crippen LogP contribution in [-0.2, 0) is 11.3 Å². The summed E-state index contributed by atoms with van der Waals surface area (Å²) in [5.41, 5.74) is 1.48. The highest BCUT2D eigenvalue weighted by molar-refractivity contribution is 7.09. The zero-order valence-corrected chi connectivity index (χ0v) is 14.0. The topological polar surface area (TPSA) is 67.4 Å². The predicted molar refractivity (Wildman–Crippen MR) is 87.3 cm³/mol. The minimum Gasteiger partial charge on any atom is -0.375 e. The van der Waals surface area contributed by atoms with Crippen molar-refractivity contribution in [3.8, 4) is 0 Å². The number of carbonyl (C=O) groups is 1. The summed E-state index contributed by atoms with van der Waals surface area (Å²) >= 11 is 1.57. The molecule has 22 heavy (non-hydrogen) atoms. The highest BCUT2D eigenvalue weighted by Gasteiger charge is 2.16. The number of thiazole rings is 1. The van der Waals surface area contributed by atoms with Crippen molar-refractivity contribution in [2.24, 2.45) is 0 Å². The lowest BCUT2D eigenvalue weighted by Gasteiger charge is -2.19. The van der Waals surface area contributed by atoms with E-state index < -0.39 is 0 Å². The Morgan fingerprint density at radius 2 is 2.32 bits per heavy atom. The van der Waals surface area contributed by atoms with Crippen LogP contribution < -0.4 is 10.2 Å². The van der Waals surface area contributed by atoms with Crippen LogP contribution in [0.1, 0.15) is 34.1 Å². The summed E-state index contributed by atoms with van der Waals surface area (Å²) in [7, 11) is 5.17. The third-order valence-corrected chi connectivity index (χ3v) is 4.34. The maximum atomic E-state index is 11.9. The normalized spacial score (nSPS) is 12.0. The first kappa shape index (κ1) is 16.4. The second kappa shape index (κ2) is 7.33. The Kier molecular flexibility index (Phi) is 5.46. The maximum Gasteiger partial charge on any atom is 0.254 e. The van der Waals surface area contributed by atoms with E-state index in [0.717, 1.165) is 10.7 Å². The Labute approximate surface area is 134 Å². The number of anilines is 1. The van der Waals surface area contributed by atoms with Gasteiger partial charge in [0.05, 0.1) is 17.8 Å². The van der Waals surface area contributed by atoms with E-state index in [1.165, 1.54) is 0 Å². The molecule has 2 rings (SSSR count). The summed E-state index contributed by atoms with van der Waals surface area (Å²) in [6.45, 7) is 2.54. The molecule has 0 fully saturated rings. The van der Waals surface area contributed by atoms with E-state index in [-0.39, 0.29) is 12.0 Å². The molecule has 6 nitrogen and oxygen atoms in total. The van der Waals surface area contributed by atoms with E-state index in [1.54, 1.807) is 43.8 Å². The van der Waals surface area contributed by atoms with Gasteiger partial charge >= 0.3 is 0 Å². The smallest absolute Gasteiger partial charge is 0.254 e. The number of hydrogen-bond donors (Lipinski definition) is 1. The minimum atomic E-state index is -0.151. The van der Waals surface area contributed by atoms with Crippen LogP contribution >= 0.6 is 11.3 Å². The number of hydrogen-bond acceptors (Lipinski definition) is 6. The van der Waals surface area contributed by atoms with E-state index in [1.807, 2.05) is 24.3 Å². The standard InChI is InChI=1S/C15H20N4O2S/c1-10(21-4)15-18-11(9-22-15)8-19(3)13-12(14(20)16-2)6-5-7-17-13/h5-7,9-10H,8H2,1-4H3,(H,16,20). The van der Waals surface area contributed by atoms with Crippen LogP contribution in [0.15, 0.2) is 23.7 Å². The average Bonchev–Trinajstić information content (AvgIpc) is 3.01. The van der Waals surface area contributed by atoms with Gasteiger partial charge in [-0.1, -0.05) is 0 Å². The number of amides is 1. The van der Waals surface area contributed by atoms with Crippen molar-refractivity contribution in [1.82, 2.24) is 15.3 Å². The van der Waals surface area contributed by atoms with E-state index in [0.29, 0.717) is 17.9 Å². The fourth-order valence-electron chi connectivity index (χ4n) is 2.01. The van der Waals surface area contributed by atoms with Crippen molar-refractivity contribution in [3.63, 3.8) is 0 Å². The van der Waals surface area contributed by atoms with Gasteiger partial charge in [-0.15, -0.1) is 11.3 Å². The van der Waals surface area contributed by atoms with Gasteiger partial charge in [0.15, 0.2) is 0 Å². The molecular weight excluding hydrogens is 300 g/mol. The number of rotatable bonds is 6. The molecule has 1 atom stereocenters. The van der Waals surface area contributed by atoms with Gasteiger partial charge in [0, 0.05) is 32.8 Å². The molecule has 0 aliphatic carbocycles. The van der Waals surface area contributed by atoms with Crippen LogP contribution in [-0.4, -0.2) is 37.1 Å². The zero-order valence-electron chi connectivity index (χ0n) is 13.2. The van der Waals surface area contributed by atoms with Crippen molar-refractivity contribution >= 4 is 23.1 Å². The molecule has 1 N–H and O–H groups in total. The first-order valence-corrected chi connectivity index (χ1v) is 7.80. The molecule has 0 saturated heterocycles. The van der Waals surface area contributed by atoms with Crippen LogP contribution in [0.5, 0.6) is 0 Å². The summed E-state index contributed by atoms with van der Waals surface area (Å²) in [6.07, 6.45) is 1.66. The molecule has 2 aromatic heterocycles. The van der Waals surface area contributed by atoms with E-state index in [4.69, 9.17) is 4.74 Å². The zero-order chi connectivity index (χ0) is 16.1. The molecule has 2 aromatic rings. The van der Waals surface area contributed by atoms with Gasteiger partial charge in [0.2, 0.25) is 0 Å². The first-order chi connectivity index (χ1) is 10.6. The van der Waals surface area contributed by atoms with E-state index in [2.05, 4.69) is 15.3 Å². The molecular formula is C15H20N4O2S. The highest BCUT2D eigenvalue weighted by Crippen LogP contribution is 2.23. The summed E-state index contributed by atoms with van der Waals surface area (Å²) < 4.78 is 5.27. The molecule has 0 aliphatic rings. The maximum absolute atomic E-state index is 11.9. The Morgan fingerprint density at radius 3 is 3.00 bits per heavy atom. The SMILES string of the molecule is CNC(=O)c1cccnc1N(C)Cc1csc(C(C)OC)n1. The number of methoxy groups -OCH3 is 1. The average molecular weight is 320 g/mol. The molecule has 1 amide bonds. The van der Waals surface area contributed by atoms with Crippen LogP contribution in [0.25, 0.3) is 0 Å². The predicted octanol–water partition coefficient (Wildman–Crippen LogP) is 2.24. The lowest BCUT2D eigenvalue weighted by molar-refractivity contribution is 0.0963. The van der Waals surface area contributed by atoms with Crippen molar-refractivity contribution < 1.29 is 9.53 Å². The van der Waals surface area contributed by atoms with Gasteiger partial charge in [-0.05, 0) is 19.1 Å². The molecule has 0 aliphatic heterocycles. The van der Waals surface area contributed by atoms with Gasteiger partial charge in [0.1, 0.15) is 16.9 Å². The third kappa shape index (κ3) is 3.61. The second-order valence-electron chi connectivity index (χ2n) is 4.86. The van der Waals surface area contributed by atoms with E-state index in [9.17, 15) is 4.79 Å². The first-order valence-electron chi connectivity index (χ1n) is 6.92. The quantitative estimate of drug-likeness (QED) is 0.884. The lowest BCUT2D eigenvalue weighted by Crippen LogP contribution is -2.25. The largest absolute Gasteiger partial charge is 0.375 e. The van der Waals surface area contributed by atoms with Gasteiger partial charge in [0.25, 0.3) is 5.91 Å². The summed E-state index contributed by atoms with van der Waals surface area (Å²) in [4.78, 5) is 22.7. The molecule has 0 radical (unpaired) electrons. The number of nitrogens with zero attached hydrogens (tertiary/aromatic N) is 3. The number of ether oxygens (including phenoxy) is 1. The number of pyridine rings is 1. The van der Waals surface area contributed by atoms with Gasteiger partial charge in [-0.3, -0.25) is 4.79 Å². The third-order valence-electron chi connectivity index (χ3n) is 3.29. The highest BCUT2D eigenvalue weighted by atomic mass is 32.1. The van der Waals surface area contributed by atoms with Crippen LogP contribution in [0.2, 0.25) is 0 Å². The van der Waals surface area contributed by atoms with Crippen LogP contribution in [0.3, 0.4) is 0 Å². The lowest BCUT2D eigenvalue weighted by atomic mass is 10.2. The minimum absolute atomic E-state index is 0.0136. The van der Waals surface area contributed by atoms with Crippen molar-refractivity contribution in [2.75, 3.05) is 26.1 Å². The fraction of sp³-hybridized carbons (Fsp3) is 0.400. The Balaban J connectivity index is 2.17. The summed E-state index contributed by atoms with van der Waals surface area (Å²) in [6, 6.07) is 3.51. The van der Waals surface area contributed by atoms with Crippen LogP contribution in [0, 0.1) is 0 Å². The number of aromatic nitrogens is 2. The molecule has 1 unspecified atom stereocenters. The Hall–Kier alpha value is -1.99. The second-order valence-corrected chi connectivity index (χ2v) is 5.75. The fourth-order valence-corrected chi connectivity index (χ4v) is 2.86. The Morgan fingerprint density at radius 1 is 1.55 bits per heavy atom. The number of nitrogens with one attached hydrogen (secondary N) is 1. The monoisotopic (exact) mass is 320 g/mol. The molecule has 7 heteroatoms. The number of carbonyl (C=O) groups excluding carboxylic acids is 1. The van der Waals surface area contributed by atoms with Gasteiger partial charge in [-0.2, -0.15) is 0 Å². The molecule has 118 valence electrons. The van der Waals surface area contributed by atoms with Crippen LogP contribution in [0.4, 0.5) is 5.82 Å². The molecule has 0 spiro atoms. The molecule has 0 bridgehead atoms. The Bertz CT molecular complexity index is 644. The summed E-state index contributed by atoms with van der Waals surface area (Å²) in [5.74, 6) is 0.484. The van der Waals surface area contributed by atoms with E-state index >= 15 is 0 Å². The molecule has 0 saturated carbocycles. The van der Waals surface area contributed by atoms with Crippen molar-refractivity contribution in [2.45, 2.75) is 19.6 Å². The summed E-state index contributed by atoms with van der Waals surface area (Å²) in [5, 5.41) is 5.58. The molecule has 2 heterocycles.